The number of carbonyl (C=O) groups is 1. The number of carbonyl (C=O) groups excluding carboxylic acids is 1. The molecule has 0 saturated carbocycles. The van der Waals surface area contributed by atoms with Crippen molar-refractivity contribution in [2.24, 2.45) is 0 Å². The van der Waals surface area contributed by atoms with Crippen LogP contribution in [-0.4, -0.2) is 22.6 Å². The Bertz CT molecular complexity index is 977. The van der Waals surface area contributed by atoms with Gasteiger partial charge in [0.2, 0.25) is 0 Å². The van der Waals surface area contributed by atoms with E-state index in [2.05, 4.69) is 25.3 Å². The van der Waals surface area contributed by atoms with E-state index in [9.17, 15) is 13.6 Å². The Morgan fingerprint density at radius 1 is 0.931 bits per heavy atom. The molecule has 7 nitrogen and oxygen atoms in total. The first kappa shape index (κ1) is 20.0. The molecule has 1 aromatic heterocycles. The second-order valence-electron chi connectivity index (χ2n) is 5.95. The van der Waals surface area contributed by atoms with Gasteiger partial charge in [-0.15, -0.1) is 0 Å². The Kier molecular flexibility index (Phi) is 6.18. The molecular formula is C20H18F2N4O3. The summed E-state index contributed by atoms with van der Waals surface area (Å²) >= 11 is 0. The maximum Gasteiger partial charge on any atom is 0.387 e. The summed E-state index contributed by atoms with van der Waals surface area (Å²) in [5.41, 5.74) is 1.73. The Hall–Kier alpha value is -3.75. The molecule has 0 saturated heterocycles. The molecule has 0 unspecified atom stereocenters. The summed E-state index contributed by atoms with van der Waals surface area (Å²) in [4.78, 5) is 20.8. The van der Waals surface area contributed by atoms with Crippen LogP contribution in [0.3, 0.4) is 0 Å². The summed E-state index contributed by atoms with van der Waals surface area (Å²) in [6.07, 6.45) is 0. The van der Waals surface area contributed by atoms with Gasteiger partial charge in [-0.2, -0.15) is 18.7 Å². The Morgan fingerprint density at radius 3 is 2.24 bits per heavy atom. The van der Waals surface area contributed by atoms with Crippen LogP contribution in [0, 0.1) is 13.8 Å². The molecule has 0 bridgehead atoms. The van der Waals surface area contributed by atoms with Crippen molar-refractivity contribution in [3.63, 3.8) is 0 Å². The molecule has 3 rings (SSSR count). The third kappa shape index (κ3) is 5.61. The summed E-state index contributed by atoms with van der Waals surface area (Å²) in [5, 5.41) is 5.21. The third-order valence-corrected chi connectivity index (χ3v) is 3.76. The van der Waals surface area contributed by atoms with Crippen LogP contribution in [0.1, 0.15) is 11.4 Å². The fraction of sp³-hybridized carbons (Fsp3) is 0.150. The van der Waals surface area contributed by atoms with Gasteiger partial charge < -0.3 is 20.1 Å². The number of alkyl halides is 2. The average molecular weight is 400 g/mol. The van der Waals surface area contributed by atoms with Crippen molar-refractivity contribution in [1.82, 2.24) is 9.97 Å². The lowest BCUT2D eigenvalue weighted by molar-refractivity contribution is -0.0498. The zero-order chi connectivity index (χ0) is 20.8. The minimum Gasteiger partial charge on any atom is -0.435 e. The largest absolute Gasteiger partial charge is 0.435 e. The van der Waals surface area contributed by atoms with Gasteiger partial charge in [-0.3, -0.25) is 0 Å². The van der Waals surface area contributed by atoms with Crippen molar-refractivity contribution in [3.05, 3.63) is 66.0 Å². The number of rotatable bonds is 6. The molecule has 1 heterocycles. The molecule has 0 aliphatic rings. The quantitative estimate of drug-likeness (QED) is 0.599. The maximum atomic E-state index is 12.3. The van der Waals surface area contributed by atoms with Crippen LogP contribution in [0.2, 0.25) is 0 Å². The van der Waals surface area contributed by atoms with Crippen LogP contribution in [0.15, 0.2) is 54.6 Å². The highest BCUT2D eigenvalue weighted by Crippen LogP contribution is 2.24. The van der Waals surface area contributed by atoms with Crippen molar-refractivity contribution >= 4 is 17.4 Å². The average Bonchev–Trinajstić information content (AvgIpc) is 2.65. The van der Waals surface area contributed by atoms with E-state index in [4.69, 9.17) is 4.74 Å². The fourth-order valence-electron chi connectivity index (χ4n) is 2.53. The highest BCUT2D eigenvalue weighted by atomic mass is 19.3. The molecular weight excluding hydrogens is 382 g/mol. The van der Waals surface area contributed by atoms with Crippen LogP contribution < -0.4 is 20.1 Å². The first-order chi connectivity index (χ1) is 13.9. The smallest absolute Gasteiger partial charge is 0.387 e. The number of para-hydroxylation sites is 1. The van der Waals surface area contributed by atoms with E-state index in [0.717, 1.165) is 0 Å². The van der Waals surface area contributed by atoms with Crippen molar-refractivity contribution in [2.75, 3.05) is 10.6 Å². The number of anilines is 2. The molecule has 29 heavy (non-hydrogen) atoms. The minimum absolute atomic E-state index is 0.0593. The van der Waals surface area contributed by atoms with Crippen LogP contribution in [0.5, 0.6) is 17.5 Å². The zero-order valence-corrected chi connectivity index (χ0v) is 15.6. The summed E-state index contributed by atoms with van der Waals surface area (Å²) in [5.74, 6) is 0.534. The number of benzene rings is 2. The zero-order valence-electron chi connectivity index (χ0n) is 15.6. The van der Waals surface area contributed by atoms with Crippen LogP contribution in [0.4, 0.5) is 25.0 Å². The number of halogens is 2. The minimum atomic E-state index is -2.95. The van der Waals surface area contributed by atoms with E-state index in [1.165, 1.54) is 18.2 Å². The summed E-state index contributed by atoms with van der Waals surface area (Å²) < 4.78 is 34.6. The predicted molar refractivity (Wildman–Crippen MR) is 104 cm³/mol. The number of hydrogen-bond donors (Lipinski definition) is 2. The van der Waals surface area contributed by atoms with Gasteiger partial charge in [0, 0.05) is 11.8 Å². The molecule has 150 valence electrons. The highest BCUT2D eigenvalue weighted by Gasteiger charge is 2.13. The molecule has 0 aliphatic carbocycles. The highest BCUT2D eigenvalue weighted by molar-refractivity contribution is 6.00. The van der Waals surface area contributed by atoms with Gasteiger partial charge in [-0.1, -0.05) is 24.3 Å². The van der Waals surface area contributed by atoms with Crippen molar-refractivity contribution in [3.8, 4) is 17.5 Å². The molecule has 0 spiro atoms. The van der Waals surface area contributed by atoms with E-state index in [0.29, 0.717) is 28.5 Å². The van der Waals surface area contributed by atoms with Crippen LogP contribution in [0.25, 0.3) is 0 Å². The van der Waals surface area contributed by atoms with Gasteiger partial charge in [0.1, 0.15) is 11.5 Å². The number of nitrogens with zero attached hydrogens (tertiary/aromatic N) is 2. The lowest BCUT2D eigenvalue weighted by Crippen LogP contribution is -2.21. The fourth-order valence-corrected chi connectivity index (χ4v) is 2.53. The van der Waals surface area contributed by atoms with E-state index in [1.54, 1.807) is 32.0 Å². The number of urea groups is 1. The molecule has 2 amide bonds. The number of aryl methyl sites for hydroxylation is 2. The molecule has 2 N–H and O–H groups in total. The van der Waals surface area contributed by atoms with E-state index in [1.807, 2.05) is 18.2 Å². The molecule has 9 heteroatoms. The molecule has 3 aromatic rings. The number of hydrogen-bond acceptors (Lipinski definition) is 5. The SMILES string of the molecule is Cc1nc(Oc2ccccc2)nc(C)c1NC(=O)Nc1cccc(OC(F)F)c1. The molecule has 0 aliphatic heterocycles. The van der Waals surface area contributed by atoms with E-state index >= 15 is 0 Å². The lowest BCUT2D eigenvalue weighted by Gasteiger charge is -2.13. The number of aromatic nitrogens is 2. The third-order valence-electron chi connectivity index (χ3n) is 3.76. The lowest BCUT2D eigenvalue weighted by atomic mass is 10.3. The van der Waals surface area contributed by atoms with Crippen LogP contribution >= 0.6 is 0 Å². The predicted octanol–water partition coefficient (Wildman–Crippen LogP) is 5.13. The summed E-state index contributed by atoms with van der Waals surface area (Å²) in [6.45, 7) is 0.469. The second kappa shape index (κ2) is 8.96. The topological polar surface area (TPSA) is 85.4 Å². The monoisotopic (exact) mass is 400 g/mol. The standard InChI is InChI=1S/C20H18F2N4O3/c1-12-17(13(2)24-20(23-12)29-15-8-4-3-5-9-15)26-19(27)25-14-7-6-10-16(11-14)28-18(21)22/h3-11,18H,1-2H3,(H2,25,26,27). The van der Waals surface area contributed by atoms with Crippen molar-refractivity contribution in [2.45, 2.75) is 20.5 Å². The van der Waals surface area contributed by atoms with Gasteiger partial charge in [0.05, 0.1) is 17.1 Å². The van der Waals surface area contributed by atoms with E-state index in [-0.39, 0.29) is 11.8 Å². The number of nitrogens with one attached hydrogen (secondary N) is 2. The van der Waals surface area contributed by atoms with Gasteiger partial charge in [-0.25, -0.2) is 4.79 Å². The Labute approximate surface area is 165 Å². The summed E-state index contributed by atoms with van der Waals surface area (Å²) in [6, 6.07) is 14.4. The van der Waals surface area contributed by atoms with Crippen molar-refractivity contribution < 1.29 is 23.0 Å². The second-order valence-corrected chi connectivity index (χ2v) is 5.95. The first-order valence-corrected chi connectivity index (χ1v) is 8.62. The molecule has 2 aromatic carbocycles. The van der Waals surface area contributed by atoms with Gasteiger partial charge >= 0.3 is 18.7 Å². The van der Waals surface area contributed by atoms with Crippen LogP contribution in [-0.2, 0) is 0 Å². The summed E-state index contributed by atoms with van der Waals surface area (Å²) in [7, 11) is 0. The Morgan fingerprint density at radius 2 is 1.59 bits per heavy atom. The van der Waals surface area contributed by atoms with Gasteiger partial charge in [-0.05, 0) is 38.1 Å². The van der Waals surface area contributed by atoms with Gasteiger partial charge in [0.15, 0.2) is 0 Å². The van der Waals surface area contributed by atoms with E-state index < -0.39 is 12.6 Å². The van der Waals surface area contributed by atoms with Crippen molar-refractivity contribution in [1.29, 1.82) is 0 Å². The normalized spacial score (nSPS) is 10.5. The molecule has 0 atom stereocenters. The number of amides is 2. The Balaban J connectivity index is 1.69. The number of ether oxygens (including phenoxy) is 2. The maximum absolute atomic E-state index is 12.3. The van der Waals surface area contributed by atoms with Gasteiger partial charge in [0.25, 0.3) is 0 Å². The molecule has 0 fully saturated rings. The molecule has 0 radical (unpaired) electrons. The first-order valence-electron chi connectivity index (χ1n) is 8.62.